The highest BCUT2D eigenvalue weighted by Gasteiger charge is 2.21. The molecule has 0 bridgehead atoms. The van der Waals surface area contributed by atoms with Crippen LogP contribution >= 0.6 is 11.6 Å². The van der Waals surface area contributed by atoms with Crippen molar-refractivity contribution in [3.05, 3.63) is 46.5 Å². The summed E-state index contributed by atoms with van der Waals surface area (Å²) in [7, 11) is 0. The molecule has 1 aromatic carbocycles. The molecule has 114 valence electrons. The van der Waals surface area contributed by atoms with Gasteiger partial charge in [-0.05, 0) is 25.1 Å². The molecule has 1 aromatic heterocycles. The fourth-order valence-corrected chi connectivity index (χ4v) is 2.10. The topological polar surface area (TPSA) is 29.9 Å². The number of hydrogen-bond donors (Lipinski definition) is 1. The Morgan fingerprint density at radius 1 is 1.38 bits per heavy atom. The summed E-state index contributed by atoms with van der Waals surface area (Å²) < 4.78 is 41.1. The summed E-state index contributed by atoms with van der Waals surface area (Å²) >= 11 is 5.60. The van der Waals surface area contributed by atoms with Crippen LogP contribution in [0.15, 0.2) is 24.4 Å². The van der Waals surface area contributed by atoms with Crippen molar-refractivity contribution >= 4 is 11.6 Å². The SMILES string of the molecule is CCCNCc1cnn(-c2ccc(Cl)c(F)c2)c1C(F)F. The second kappa shape index (κ2) is 6.95. The molecule has 1 N–H and O–H groups in total. The van der Waals surface area contributed by atoms with Crippen LogP contribution in [0.2, 0.25) is 5.02 Å². The van der Waals surface area contributed by atoms with Gasteiger partial charge in [-0.1, -0.05) is 18.5 Å². The predicted molar refractivity (Wildman–Crippen MR) is 75.5 cm³/mol. The molecule has 0 aliphatic heterocycles. The molecule has 2 aromatic rings. The van der Waals surface area contributed by atoms with E-state index in [1.54, 1.807) is 0 Å². The van der Waals surface area contributed by atoms with E-state index in [9.17, 15) is 13.2 Å². The lowest BCUT2D eigenvalue weighted by Gasteiger charge is -2.10. The van der Waals surface area contributed by atoms with E-state index in [4.69, 9.17) is 11.6 Å². The van der Waals surface area contributed by atoms with E-state index in [0.717, 1.165) is 23.7 Å². The molecule has 0 unspecified atom stereocenters. The second-order valence-corrected chi connectivity index (χ2v) is 4.95. The van der Waals surface area contributed by atoms with Crippen LogP contribution in [0.3, 0.4) is 0 Å². The van der Waals surface area contributed by atoms with E-state index >= 15 is 0 Å². The average Bonchev–Trinajstić information content (AvgIpc) is 2.86. The van der Waals surface area contributed by atoms with Gasteiger partial charge in [-0.3, -0.25) is 0 Å². The first-order valence-electron chi connectivity index (χ1n) is 6.55. The number of nitrogens with zero attached hydrogens (tertiary/aromatic N) is 2. The van der Waals surface area contributed by atoms with Crippen molar-refractivity contribution in [2.45, 2.75) is 26.3 Å². The third kappa shape index (κ3) is 3.57. The molecule has 0 amide bonds. The summed E-state index contributed by atoms with van der Waals surface area (Å²) in [5, 5.41) is 6.93. The molecule has 0 aliphatic carbocycles. The number of hydrogen-bond acceptors (Lipinski definition) is 2. The minimum absolute atomic E-state index is 0.0608. The quantitative estimate of drug-likeness (QED) is 0.813. The van der Waals surface area contributed by atoms with Crippen LogP contribution in [0, 0.1) is 5.82 Å². The van der Waals surface area contributed by atoms with Crippen LogP contribution in [0.5, 0.6) is 0 Å². The Labute approximate surface area is 125 Å². The number of aromatic nitrogens is 2. The summed E-state index contributed by atoms with van der Waals surface area (Å²) in [6, 6.07) is 3.86. The lowest BCUT2D eigenvalue weighted by Crippen LogP contribution is -2.15. The van der Waals surface area contributed by atoms with Gasteiger partial charge in [0.15, 0.2) is 0 Å². The Morgan fingerprint density at radius 2 is 2.14 bits per heavy atom. The molecule has 3 nitrogen and oxygen atoms in total. The van der Waals surface area contributed by atoms with Gasteiger partial charge < -0.3 is 5.32 Å². The van der Waals surface area contributed by atoms with Crippen LogP contribution in [0.25, 0.3) is 5.69 Å². The zero-order valence-electron chi connectivity index (χ0n) is 11.4. The first kappa shape index (κ1) is 15.9. The van der Waals surface area contributed by atoms with Crippen LogP contribution < -0.4 is 5.32 Å². The molecule has 0 atom stereocenters. The van der Waals surface area contributed by atoms with Gasteiger partial charge in [-0.25, -0.2) is 17.9 Å². The summed E-state index contributed by atoms with van der Waals surface area (Å²) in [4.78, 5) is 0. The molecule has 0 aliphatic rings. The van der Waals surface area contributed by atoms with Gasteiger partial charge in [0.1, 0.15) is 11.5 Å². The smallest absolute Gasteiger partial charge is 0.280 e. The Morgan fingerprint density at radius 3 is 2.76 bits per heavy atom. The minimum Gasteiger partial charge on any atom is -0.313 e. The zero-order valence-corrected chi connectivity index (χ0v) is 12.2. The lowest BCUT2D eigenvalue weighted by atomic mass is 10.2. The molecule has 21 heavy (non-hydrogen) atoms. The monoisotopic (exact) mass is 317 g/mol. The third-order valence-corrected chi connectivity index (χ3v) is 3.29. The van der Waals surface area contributed by atoms with Crippen LogP contribution in [-0.2, 0) is 6.54 Å². The van der Waals surface area contributed by atoms with Crippen LogP contribution in [0.1, 0.15) is 31.0 Å². The van der Waals surface area contributed by atoms with E-state index < -0.39 is 12.2 Å². The second-order valence-electron chi connectivity index (χ2n) is 4.54. The van der Waals surface area contributed by atoms with Crippen molar-refractivity contribution in [3.8, 4) is 5.69 Å². The van der Waals surface area contributed by atoms with Crippen molar-refractivity contribution in [2.75, 3.05) is 6.54 Å². The van der Waals surface area contributed by atoms with Crippen molar-refractivity contribution in [1.29, 1.82) is 0 Å². The molecule has 7 heteroatoms. The zero-order chi connectivity index (χ0) is 15.4. The molecular formula is C14H15ClF3N3. The summed E-state index contributed by atoms with van der Waals surface area (Å²) in [6.45, 7) is 3.01. The van der Waals surface area contributed by atoms with E-state index in [1.807, 2.05) is 6.92 Å². The molecule has 0 radical (unpaired) electrons. The molecule has 0 saturated heterocycles. The highest BCUT2D eigenvalue weighted by Crippen LogP contribution is 2.27. The maximum atomic E-state index is 13.5. The van der Waals surface area contributed by atoms with Crippen LogP contribution in [-0.4, -0.2) is 16.3 Å². The summed E-state index contributed by atoms with van der Waals surface area (Å²) in [6.07, 6.45) is -0.429. The molecule has 0 spiro atoms. The molecule has 1 heterocycles. The Kier molecular flexibility index (Phi) is 5.25. The molecule has 0 saturated carbocycles. The fourth-order valence-electron chi connectivity index (χ4n) is 1.98. The Bertz CT molecular complexity index is 614. The highest BCUT2D eigenvalue weighted by molar-refractivity contribution is 6.30. The van der Waals surface area contributed by atoms with Gasteiger partial charge in [0.25, 0.3) is 6.43 Å². The van der Waals surface area contributed by atoms with Crippen LogP contribution in [0.4, 0.5) is 13.2 Å². The predicted octanol–water partition coefficient (Wildman–Crippen LogP) is 4.10. The van der Waals surface area contributed by atoms with Crippen molar-refractivity contribution in [2.24, 2.45) is 0 Å². The fraction of sp³-hybridized carbons (Fsp3) is 0.357. The highest BCUT2D eigenvalue weighted by atomic mass is 35.5. The number of benzene rings is 1. The normalized spacial score (nSPS) is 11.3. The van der Waals surface area contributed by atoms with E-state index in [-0.39, 0.29) is 16.4 Å². The third-order valence-electron chi connectivity index (χ3n) is 2.98. The molecule has 2 rings (SSSR count). The summed E-state index contributed by atoms with van der Waals surface area (Å²) in [5.74, 6) is -0.671. The minimum atomic E-state index is -2.70. The van der Waals surface area contributed by atoms with Crippen molar-refractivity contribution in [3.63, 3.8) is 0 Å². The summed E-state index contributed by atoms with van der Waals surface area (Å²) in [5.41, 5.74) is 0.378. The van der Waals surface area contributed by atoms with E-state index in [2.05, 4.69) is 10.4 Å². The Balaban J connectivity index is 2.36. The molecule has 0 fully saturated rings. The van der Waals surface area contributed by atoms with Gasteiger partial charge in [0.2, 0.25) is 0 Å². The standard InChI is InChI=1S/C14H15ClF3N3/c1-2-5-19-7-9-8-20-21(13(9)14(17)18)10-3-4-11(15)12(16)6-10/h3-4,6,8,14,19H,2,5,7H2,1H3. The number of rotatable bonds is 6. The largest absolute Gasteiger partial charge is 0.313 e. The van der Waals surface area contributed by atoms with Gasteiger partial charge in [-0.2, -0.15) is 5.10 Å². The van der Waals surface area contributed by atoms with E-state index in [0.29, 0.717) is 12.1 Å². The number of halogens is 4. The van der Waals surface area contributed by atoms with Gasteiger partial charge in [0, 0.05) is 18.2 Å². The number of alkyl halides is 2. The van der Waals surface area contributed by atoms with Gasteiger partial charge in [-0.15, -0.1) is 0 Å². The maximum absolute atomic E-state index is 13.5. The average molecular weight is 318 g/mol. The van der Waals surface area contributed by atoms with Crippen molar-refractivity contribution in [1.82, 2.24) is 15.1 Å². The van der Waals surface area contributed by atoms with E-state index in [1.165, 1.54) is 18.3 Å². The lowest BCUT2D eigenvalue weighted by molar-refractivity contribution is 0.141. The number of nitrogens with one attached hydrogen (secondary N) is 1. The first-order valence-corrected chi connectivity index (χ1v) is 6.93. The molecular weight excluding hydrogens is 303 g/mol. The van der Waals surface area contributed by atoms with Gasteiger partial charge >= 0.3 is 0 Å². The van der Waals surface area contributed by atoms with Gasteiger partial charge in [0.05, 0.1) is 16.9 Å². The van der Waals surface area contributed by atoms with Crippen molar-refractivity contribution < 1.29 is 13.2 Å². The first-order chi connectivity index (χ1) is 10.0. The maximum Gasteiger partial charge on any atom is 0.280 e. The Hall–Kier alpha value is -1.53.